The van der Waals surface area contributed by atoms with Gasteiger partial charge in [-0.25, -0.2) is 8.42 Å². The van der Waals surface area contributed by atoms with E-state index in [9.17, 15) is 21.4 Å². The minimum Gasteiger partial charge on any atom is -0.744 e. The van der Waals surface area contributed by atoms with Gasteiger partial charge in [-0.1, -0.05) is 42.5 Å². The Hall–Kier alpha value is -2.42. The van der Waals surface area contributed by atoms with Crippen LogP contribution in [0.5, 0.6) is 5.75 Å². The molecule has 0 aliphatic heterocycles. The summed E-state index contributed by atoms with van der Waals surface area (Å²) in [5, 5.41) is 0.321. The minimum atomic E-state index is -4.70. The van der Waals surface area contributed by atoms with Crippen molar-refractivity contribution in [3.63, 3.8) is 0 Å². The second-order valence-corrected chi connectivity index (χ2v) is 7.81. The van der Waals surface area contributed by atoms with E-state index < -0.39 is 25.1 Å². The van der Waals surface area contributed by atoms with Crippen LogP contribution in [0.3, 0.4) is 0 Å². The van der Waals surface area contributed by atoms with E-state index in [1.165, 1.54) is 24.3 Å². The average Bonchev–Trinajstić information content (AvgIpc) is 2.54. The van der Waals surface area contributed by atoms with E-state index in [1.54, 1.807) is 30.3 Å². The van der Waals surface area contributed by atoms with Crippen molar-refractivity contribution in [1.29, 1.82) is 0 Å². The first-order valence-corrected chi connectivity index (χ1v) is 9.58. The van der Waals surface area contributed by atoms with Gasteiger partial charge in [0.2, 0.25) is 0 Å². The van der Waals surface area contributed by atoms with Gasteiger partial charge in [0.25, 0.3) is 0 Å². The molecule has 3 aromatic rings. The van der Waals surface area contributed by atoms with Crippen LogP contribution in [0.25, 0.3) is 10.8 Å². The van der Waals surface area contributed by atoms with Gasteiger partial charge in [-0.05, 0) is 24.3 Å². The predicted molar refractivity (Wildman–Crippen MR) is 86.2 cm³/mol. The van der Waals surface area contributed by atoms with Crippen LogP contribution in [0, 0.1) is 0 Å². The Morgan fingerprint density at radius 3 is 1.92 bits per heavy atom. The smallest absolute Gasteiger partial charge is 0.339 e. The Morgan fingerprint density at radius 2 is 1.29 bits per heavy atom. The monoisotopic (exact) mass is 363 g/mol. The van der Waals surface area contributed by atoms with Crippen LogP contribution < -0.4 is 4.18 Å². The highest BCUT2D eigenvalue weighted by molar-refractivity contribution is 7.87. The summed E-state index contributed by atoms with van der Waals surface area (Å²) >= 11 is 0. The van der Waals surface area contributed by atoms with Gasteiger partial charge < -0.3 is 8.74 Å². The third-order valence-corrected chi connectivity index (χ3v) is 5.49. The molecule has 8 heteroatoms. The Balaban J connectivity index is 2.16. The second kappa shape index (κ2) is 5.90. The molecule has 0 saturated heterocycles. The zero-order valence-electron chi connectivity index (χ0n) is 12.1. The standard InChI is InChI=1S/C16H12O6S2/c17-23(18,19)16-11-10-15(13-8-4-5-9-14(13)16)22-24(20,21)12-6-2-1-3-7-12/h1-11H,(H,17,18,19)/p-1. The molecule has 0 bridgehead atoms. The van der Waals surface area contributed by atoms with Gasteiger partial charge in [-0.15, -0.1) is 0 Å². The lowest BCUT2D eigenvalue weighted by Crippen LogP contribution is -2.10. The Morgan fingerprint density at radius 1 is 0.708 bits per heavy atom. The molecule has 0 amide bonds. The molecule has 0 spiro atoms. The largest absolute Gasteiger partial charge is 0.744 e. The third kappa shape index (κ3) is 3.12. The third-order valence-electron chi connectivity index (χ3n) is 3.34. The molecule has 6 nitrogen and oxygen atoms in total. The molecule has 0 aromatic heterocycles. The van der Waals surface area contributed by atoms with Crippen LogP contribution in [-0.4, -0.2) is 21.4 Å². The lowest BCUT2D eigenvalue weighted by molar-refractivity contribution is 0.464. The zero-order valence-corrected chi connectivity index (χ0v) is 13.7. The minimum absolute atomic E-state index is 0.0328. The lowest BCUT2D eigenvalue weighted by Gasteiger charge is -2.14. The van der Waals surface area contributed by atoms with Gasteiger partial charge in [0.1, 0.15) is 15.0 Å². The van der Waals surface area contributed by atoms with Gasteiger partial charge in [0.05, 0.1) is 4.90 Å². The van der Waals surface area contributed by atoms with Gasteiger partial charge in [0.15, 0.2) is 5.75 Å². The summed E-state index contributed by atoms with van der Waals surface area (Å²) < 4.78 is 63.8. The summed E-state index contributed by atoms with van der Waals surface area (Å²) in [5.41, 5.74) is 0. The van der Waals surface area contributed by atoms with E-state index in [4.69, 9.17) is 4.18 Å². The summed E-state index contributed by atoms with van der Waals surface area (Å²) in [7, 11) is -8.78. The Labute approximate surface area is 139 Å². The number of benzene rings is 3. The fourth-order valence-corrected chi connectivity index (χ4v) is 3.94. The maximum absolute atomic E-state index is 12.3. The fourth-order valence-electron chi connectivity index (χ4n) is 2.29. The summed E-state index contributed by atoms with van der Waals surface area (Å²) in [6, 6.07) is 15.8. The van der Waals surface area contributed by atoms with E-state index in [0.29, 0.717) is 0 Å². The first-order chi connectivity index (χ1) is 11.3. The molecule has 0 atom stereocenters. The summed E-state index contributed by atoms with van der Waals surface area (Å²) in [6.45, 7) is 0. The normalized spacial score (nSPS) is 12.2. The SMILES string of the molecule is O=S(=O)([O-])c1ccc(OS(=O)(=O)c2ccccc2)c2ccccc12. The van der Waals surface area contributed by atoms with Crippen LogP contribution in [0.4, 0.5) is 0 Å². The number of hydrogen-bond donors (Lipinski definition) is 0. The van der Waals surface area contributed by atoms with Crippen molar-refractivity contribution < 1.29 is 25.6 Å². The average molecular weight is 363 g/mol. The molecule has 3 rings (SSSR count). The van der Waals surface area contributed by atoms with Gasteiger partial charge >= 0.3 is 10.1 Å². The summed E-state index contributed by atoms with van der Waals surface area (Å²) in [4.78, 5) is -0.461. The van der Waals surface area contributed by atoms with Gasteiger partial charge in [0, 0.05) is 10.8 Å². The molecule has 0 aliphatic rings. The molecule has 0 unspecified atom stereocenters. The van der Waals surface area contributed by atoms with Crippen LogP contribution in [0.2, 0.25) is 0 Å². The second-order valence-electron chi connectivity index (χ2n) is 4.91. The topological polar surface area (TPSA) is 101 Å². The molecule has 0 radical (unpaired) electrons. The molecule has 124 valence electrons. The number of hydrogen-bond acceptors (Lipinski definition) is 6. The molecule has 0 heterocycles. The van der Waals surface area contributed by atoms with Gasteiger partial charge in [-0.2, -0.15) is 8.42 Å². The number of fused-ring (bicyclic) bond motifs is 1. The first kappa shape index (κ1) is 16.4. The maximum atomic E-state index is 12.3. The van der Waals surface area contributed by atoms with E-state index >= 15 is 0 Å². The Bertz CT molecular complexity index is 1100. The quantitative estimate of drug-likeness (QED) is 0.521. The van der Waals surface area contributed by atoms with Crippen LogP contribution in [-0.2, 0) is 20.2 Å². The first-order valence-electron chi connectivity index (χ1n) is 6.76. The highest BCUT2D eigenvalue weighted by Gasteiger charge is 2.19. The van der Waals surface area contributed by atoms with Crippen molar-refractivity contribution in [3.8, 4) is 5.75 Å². The van der Waals surface area contributed by atoms with E-state index in [0.717, 1.165) is 12.1 Å². The molecular weight excluding hydrogens is 352 g/mol. The van der Waals surface area contributed by atoms with Crippen molar-refractivity contribution in [1.82, 2.24) is 0 Å². The van der Waals surface area contributed by atoms with Crippen molar-refractivity contribution >= 4 is 31.0 Å². The lowest BCUT2D eigenvalue weighted by atomic mass is 10.1. The van der Waals surface area contributed by atoms with Crippen LogP contribution >= 0.6 is 0 Å². The van der Waals surface area contributed by atoms with Crippen LogP contribution in [0.15, 0.2) is 76.5 Å². The van der Waals surface area contributed by atoms with E-state index in [1.807, 2.05) is 0 Å². The van der Waals surface area contributed by atoms with Crippen molar-refractivity contribution in [2.75, 3.05) is 0 Å². The number of rotatable bonds is 4. The van der Waals surface area contributed by atoms with E-state index in [2.05, 4.69) is 0 Å². The predicted octanol–water partition coefficient (Wildman–Crippen LogP) is 2.51. The molecular formula is C16H11O6S2-. The zero-order chi connectivity index (χ0) is 17.4. The fraction of sp³-hybridized carbons (Fsp3) is 0. The molecule has 0 aliphatic carbocycles. The molecule has 0 N–H and O–H groups in total. The highest BCUT2D eigenvalue weighted by atomic mass is 32.2. The van der Waals surface area contributed by atoms with Crippen molar-refractivity contribution in [3.05, 3.63) is 66.7 Å². The maximum Gasteiger partial charge on any atom is 0.339 e. The van der Waals surface area contributed by atoms with Crippen molar-refractivity contribution in [2.24, 2.45) is 0 Å². The van der Waals surface area contributed by atoms with Crippen LogP contribution in [0.1, 0.15) is 0 Å². The molecule has 3 aromatic carbocycles. The van der Waals surface area contributed by atoms with E-state index in [-0.39, 0.29) is 21.4 Å². The molecule has 0 fully saturated rings. The Kier molecular flexibility index (Phi) is 4.04. The van der Waals surface area contributed by atoms with Gasteiger partial charge in [-0.3, -0.25) is 0 Å². The highest BCUT2D eigenvalue weighted by Crippen LogP contribution is 2.32. The summed E-state index contributed by atoms with van der Waals surface area (Å²) in [6.07, 6.45) is 0. The summed E-state index contributed by atoms with van der Waals surface area (Å²) in [5.74, 6) is -0.0538. The van der Waals surface area contributed by atoms with Crippen molar-refractivity contribution in [2.45, 2.75) is 9.79 Å². The molecule has 24 heavy (non-hydrogen) atoms. The molecule has 0 saturated carbocycles.